The molecule has 1 atom stereocenters. The number of rotatable bonds is 3. The largest absolute Gasteiger partial charge is 0.416 e. The van der Waals surface area contributed by atoms with E-state index in [4.69, 9.17) is 5.73 Å². The number of benzene rings is 1. The summed E-state index contributed by atoms with van der Waals surface area (Å²) in [6, 6.07) is 5.01. The van der Waals surface area contributed by atoms with E-state index < -0.39 is 17.8 Å². The first-order valence-corrected chi connectivity index (χ1v) is 7.02. The molecule has 5 heteroatoms. The number of hydrogen-bond donors (Lipinski definition) is 1. The zero-order chi connectivity index (χ0) is 14.8. The van der Waals surface area contributed by atoms with Crippen molar-refractivity contribution in [1.29, 1.82) is 0 Å². The van der Waals surface area contributed by atoms with E-state index in [1.165, 1.54) is 12.1 Å². The topological polar surface area (TPSA) is 29.3 Å². The molecule has 0 aromatic heterocycles. The molecule has 1 heterocycles. The van der Waals surface area contributed by atoms with Crippen molar-refractivity contribution in [3.05, 3.63) is 35.4 Å². The molecule has 20 heavy (non-hydrogen) atoms. The van der Waals surface area contributed by atoms with Gasteiger partial charge in [0.2, 0.25) is 0 Å². The molecule has 1 aliphatic rings. The lowest BCUT2D eigenvalue weighted by Crippen LogP contribution is -2.38. The molecule has 1 aliphatic heterocycles. The second-order valence-corrected chi connectivity index (χ2v) is 5.67. The molecule has 0 radical (unpaired) electrons. The summed E-state index contributed by atoms with van der Waals surface area (Å²) in [5.41, 5.74) is 5.60. The van der Waals surface area contributed by atoms with Crippen LogP contribution in [-0.2, 0) is 6.18 Å². The van der Waals surface area contributed by atoms with Gasteiger partial charge < -0.3 is 10.6 Å². The minimum absolute atomic E-state index is 0.193. The normalized spacial score (nSPS) is 20.1. The van der Waals surface area contributed by atoms with E-state index in [2.05, 4.69) is 11.8 Å². The number of halogens is 3. The van der Waals surface area contributed by atoms with E-state index in [1.807, 2.05) is 0 Å². The molecule has 1 fully saturated rings. The van der Waals surface area contributed by atoms with Gasteiger partial charge in [-0.25, -0.2) is 0 Å². The van der Waals surface area contributed by atoms with Gasteiger partial charge in [-0.2, -0.15) is 13.2 Å². The standard InChI is InChI=1S/C15H21F3N2/c1-11-6-8-20(9-7-11)10-14(19)12-4-2-3-5-13(12)15(16,17)18/h2-5,11,14H,6-10,19H2,1H3. The quantitative estimate of drug-likeness (QED) is 0.922. The van der Waals surface area contributed by atoms with Crippen LogP contribution in [0.15, 0.2) is 24.3 Å². The van der Waals surface area contributed by atoms with Crippen LogP contribution in [0.3, 0.4) is 0 Å². The average molecular weight is 286 g/mol. The Morgan fingerprint density at radius 2 is 1.85 bits per heavy atom. The third-order valence-electron chi connectivity index (χ3n) is 4.00. The number of piperidine rings is 1. The van der Waals surface area contributed by atoms with Crippen molar-refractivity contribution in [3.63, 3.8) is 0 Å². The lowest BCUT2D eigenvalue weighted by Gasteiger charge is -2.32. The molecule has 0 bridgehead atoms. The Hall–Kier alpha value is -1.07. The minimum atomic E-state index is -4.34. The Labute approximate surface area is 117 Å². The summed E-state index contributed by atoms with van der Waals surface area (Å²) in [5.74, 6) is 0.699. The van der Waals surface area contributed by atoms with Crippen LogP contribution in [0.2, 0.25) is 0 Å². The first-order chi connectivity index (χ1) is 9.38. The van der Waals surface area contributed by atoms with Gasteiger partial charge in [-0.3, -0.25) is 0 Å². The lowest BCUT2D eigenvalue weighted by atomic mass is 9.96. The van der Waals surface area contributed by atoms with Gasteiger partial charge in [-0.15, -0.1) is 0 Å². The Morgan fingerprint density at radius 3 is 2.45 bits per heavy atom. The number of nitrogens with two attached hydrogens (primary N) is 1. The highest BCUT2D eigenvalue weighted by Gasteiger charge is 2.34. The van der Waals surface area contributed by atoms with Crippen LogP contribution in [0.1, 0.15) is 36.9 Å². The SMILES string of the molecule is CC1CCN(CC(N)c2ccccc2C(F)(F)F)CC1. The molecule has 0 amide bonds. The van der Waals surface area contributed by atoms with Crippen LogP contribution in [0, 0.1) is 5.92 Å². The van der Waals surface area contributed by atoms with Gasteiger partial charge in [0.15, 0.2) is 0 Å². The summed E-state index contributed by atoms with van der Waals surface area (Å²) in [7, 11) is 0. The van der Waals surface area contributed by atoms with Crippen LogP contribution >= 0.6 is 0 Å². The third kappa shape index (κ3) is 3.73. The molecule has 2 rings (SSSR count). The van der Waals surface area contributed by atoms with Gasteiger partial charge in [0.1, 0.15) is 0 Å². The first-order valence-electron chi connectivity index (χ1n) is 7.02. The van der Waals surface area contributed by atoms with Crippen molar-refractivity contribution in [3.8, 4) is 0 Å². The van der Waals surface area contributed by atoms with Gasteiger partial charge in [-0.1, -0.05) is 25.1 Å². The molecule has 0 spiro atoms. The van der Waals surface area contributed by atoms with Crippen molar-refractivity contribution >= 4 is 0 Å². The molecular weight excluding hydrogens is 265 g/mol. The molecule has 1 saturated heterocycles. The van der Waals surface area contributed by atoms with Crippen molar-refractivity contribution in [1.82, 2.24) is 4.90 Å². The third-order valence-corrected chi connectivity index (χ3v) is 4.00. The van der Waals surface area contributed by atoms with E-state index in [0.29, 0.717) is 12.5 Å². The molecule has 112 valence electrons. The van der Waals surface area contributed by atoms with Crippen LogP contribution in [0.4, 0.5) is 13.2 Å². The summed E-state index contributed by atoms with van der Waals surface area (Å²) in [5, 5.41) is 0. The van der Waals surface area contributed by atoms with Gasteiger partial charge >= 0.3 is 6.18 Å². The van der Waals surface area contributed by atoms with Crippen LogP contribution < -0.4 is 5.73 Å². The summed E-state index contributed by atoms with van der Waals surface area (Å²) in [6.07, 6.45) is -2.16. The Morgan fingerprint density at radius 1 is 1.25 bits per heavy atom. The van der Waals surface area contributed by atoms with Gasteiger partial charge in [0.05, 0.1) is 5.56 Å². The highest BCUT2D eigenvalue weighted by Crippen LogP contribution is 2.34. The van der Waals surface area contributed by atoms with Gasteiger partial charge in [0, 0.05) is 12.6 Å². The fraction of sp³-hybridized carbons (Fsp3) is 0.600. The number of likely N-dealkylation sites (tertiary alicyclic amines) is 1. The summed E-state index contributed by atoms with van der Waals surface area (Å²) in [6.45, 7) is 4.53. The molecule has 1 aromatic rings. The van der Waals surface area contributed by atoms with Crippen molar-refractivity contribution in [2.75, 3.05) is 19.6 Å². The number of nitrogens with zero attached hydrogens (tertiary/aromatic N) is 1. The highest BCUT2D eigenvalue weighted by molar-refractivity contribution is 5.32. The summed E-state index contributed by atoms with van der Waals surface area (Å²) in [4.78, 5) is 2.16. The predicted molar refractivity (Wildman–Crippen MR) is 73.2 cm³/mol. The fourth-order valence-electron chi connectivity index (χ4n) is 2.70. The number of alkyl halides is 3. The maximum Gasteiger partial charge on any atom is 0.416 e. The van der Waals surface area contributed by atoms with E-state index in [0.717, 1.165) is 32.0 Å². The molecule has 1 unspecified atom stereocenters. The zero-order valence-electron chi connectivity index (χ0n) is 11.7. The zero-order valence-corrected chi connectivity index (χ0v) is 11.7. The van der Waals surface area contributed by atoms with Crippen LogP contribution in [0.25, 0.3) is 0 Å². The maximum absolute atomic E-state index is 13.0. The van der Waals surface area contributed by atoms with Crippen molar-refractivity contribution in [2.24, 2.45) is 11.7 Å². The van der Waals surface area contributed by atoms with E-state index in [1.54, 1.807) is 6.07 Å². The second-order valence-electron chi connectivity index (χ2n) is 5.67. The molecule has 1 aromatic carbocycles. The second kappa shape index (κ2) is 6.14. The van der Waals surface area contributed by atoms with Gasteiger partial charge in [0.25, 0.3) is 0 Å². The average Bonchev–Trinajstić information content (AvgIpc) is 2.40. The van der Waals surface area contributed by atoms with Crippen LogP contribution in [0.5, 0.6) is 0 Å². The first kappa shape index (κ1) is 15.3. The molecular formula is C15H21F3N2. The Kier molecular flexibility index (Phi) is 4.70. The summed E-state index contributed by atoms with van der Waals surface area (Å²) < 4.78 is 38.9. The van der Waals surface area contributed by atoms with E-state index >= 15 is 0 Å². The number of hydrogen-bond acceptors (Lipinski definition) is 2. The lowest BCUT2D eigenvalue weighted by molar-refractivity contribution is -0.138. The molecule has 0 aliphatic carbocycles. The van der Waals surface area contributed by atoms with E-state index in [9.17, 15) is 13.2 Å². The van der Waals surface area contributed by atoms with Crippen molar-refractivity contribution < 1.29 is 13.2 Å². The van der Waals surface area contributed by atoms with Gasteiger partial charge in [-0.05, 0) is 43.5 Å². The minimum Gasteiger partial charge on any atom is -0.323 e. The molecule has 2 N–H and O–H groups in total. The molecule has 0 saturated carbocycles. The molecule has 2 nitrogen and oxygen atoms in total. The smallest absolute Gasteiger partial charge is 0.323 e. The Balaban J connectivity index is 2.08. The predicted octanol–water partition coefficient (Wildman–Crippen LogP) is 3.44. The highest BCUT2D eigenvalue weighted by atomic mass is 19.4. The monoisotopic (exact) mass is 286 g/mol. The van der Waals surface area contributed by atoms with Crippen molar-refractivity contribution in [2.45, 2.75) is 32.0 Å². The van der Waals surface area contributed by atoms with E-state index in [-0.39, 0.29) is 5.56 Å². The Bertz CT molecular complexity index is 437. The summed E-state index contributed by atoms with van der Waals surface area (Å²) >= 11 is 0. The maximum atomic E-state index is 13.0. The fourth-order valence-corrected chi connectivity index (χ4v) is 2.70. The van der Waals surface area contributed by atoms with Crippen LogP contribution in [-0.4, -0.2) is 24.5 Å².